The van der Waals surface area contributed by atoms with Crippen LogP contribution >= 0.6 is 0 Å². The van der Waals surface area contributed by atoms with E-state index in [1.165, 1.54) is 24.0 Å². The van der Waals surface area contributed by atoms with Crippen molar-refractivity contribution in [3.63, 3.8) is 0 Å². The van der Waals surface area contributed by atoms with E-state index in [9.17, 15) is 4.79 Å². The number of hydrogen-bond acceptors (Lipinski definition) is 3. The van der Waals surface area contributed by atoms with Gasteiger partial charge in [0, 0.05) is 23.9 Å². The largest absolute Gasteiger partial charge is 0.487 e. The molecule has 1 aliphatic carbocycles. The third-order valence-electron chi connectivity index (χ3n) is 7.06. The van der Waals surface area contributed by atoms with E-state index in [0.29, 0.717) is 18.2 Å². The Balaban J connectivity index is 1.65. The van der Waals surface area contributed by atoms with Crippen molar-refractivity contribution in [1.29, 1.82) is 0 Å². The Bertz CT molecular complexity index is 1010. The first kappa shape index (κ1) is 23.4. The van der Waals surface area contributed by atoms with Crippen LogP contribution < -0.4 is 14.8 Å². The maximum absolute atomic E-state index is 12.8. The molecule has 4 nitrogen and oxygen atoms in total. The summed E-state index contributed by atoms with van der Waals surface area (Å²) in [7, 11) is 0. The van der Waals surface area contributed by atoms with Crippen molar-refractivity contribution in [3.05, 3.63) is 70.8 Å². The lowest BCUT2D eigenvalue weighted by Gasteiger charge is -2.46. The van der Waals surface area contributed by atoms with Crippen molar-refractivity contribution in [2.75, 3.05) is 0 Å². The molecule has 4 rings (SSSR count). The average molecular weight is 448 g/mol. The minimum atomic E-state index is -0.426. The van der Waals surface area contributed by atoms with Crippen LogP contribution in [0.3, 0.4) is 0 Å². The second kappa shape index (κ2) is 10.0. The Labute approximate surface area is 198 Å². The highest BCUT2D eigenvalue weighted by molar-refractivity contribution is 5.72. The zero-order valence-electron chi connectivity index (χ0n) is 20.4. The molecular weight excluding hydrogens is 410 g/mol. The van der Waals surface area contributed by atoms with Crippen LogP contribution in [0.4, 0.5) is 4.79 Å². The minimum Gasteiger partial charge on any atom is -0.487 e. The highest BCUT2D eigenvalue weighted by Gasteiger charge is 2.45. The third-order valence-corrected chi connectivity index (χ3v) is 7.06. The lowest BCUT2D eigenvalue weighted by molar-refractivity contribution is 0.0108. The summed E-state index contributed by atoms with van der Waals surface area (Å²) in [6, 6.07) is 14.1. The van der Waals surface area contributed by atoms with E-state index in [1.807, 2.05) is 30.3 Å². The standard InChI is InChI=1S/C29H37NO3/c1-5-6-8-13-22-17-25(32-28(31)30-19-21-11-9-7-10-12-21)27-23-16-20(2)14-15-24(23)29(3,4)33-26(27)18-22/h7,9-12,16-18,23-24H,5-6,8,13-15,19H2,1-4H3,(H,30,31). The van der Waals surface area contributed by atoms with E-state index >= 15 is 0 Å². The van der Waals surface area contributed by atoms with Gasteiger partial charge in [0.25, 0.3) is 0 Å². The van der Waals surface area contributed by atoms with E-state index in [1.54, 1.807) is 0 Å². The molecule has 0 radical (unpaired) electrons. The van der Waals surface area contributed by atoms with Crippen LogP contribution in [0, 0.1) is 5.92 Å². The SMILES string of the molecule is CCCCCc1cc(OC(=O)NCc2ccccc2)c2c(c1)OC(C)(C)C1CCC(C)=CC21. The van der Waals surface area contributed by atoms with Crippen LogP contribution in [0.1, 0.15) is 82.4 Å². The molecule has 2 aromatic rings. The lowest BCUT2D eigenvalue weighted by atomic mass is 9.68. The average Bonchev–Trinajstić information content (AvgIpc) is 2.77. The van der Waals surface area contributed by atoms with E-state index in [2.05, 4.69) is 51.2 Å². The van der Waals surface area contributed by atoms with Gasteiger partial charge >= 0.3 is 6.09 Å². The Morgan fingerprint density at radius 1 is 1.15 bits per heavy atom. The summed E-state index contributed by atoms with van der Waals surface area (Å²) >= 11 is 0. The van der Waals surface area contributed by atoms with E-state index < -0.39 is 6.09 Å². The summed E-state index contributed by atoms with van der Waals surface area (Å²) < 4.78 is 12.6. The van der Waals surface area contributed by atoms with Crippen molar-refractivity contribution in [1.82, 2.24) is 5.32 Å². The van der Waals surface area contributed by atoms with Gasteiger partial charge in [0.2, 0.25) is 0 Å². The molecule has 1 amide bonds. The molecule has 0 bridgehead atoms. The summed E-state index contributed by atoms with van der Waals surface area (Å²) in [4.78, 5) is 12.8. The molecule has 1 heterocycles. The first-order chi connectivity index (χ1) is 15.9. The molecule has 0 saturated heterocycles. The van der Waals surface area contributed by atoms with Gasteiger partial charge in [-0.15, -0.1) is 0 Å². The molecule has 2 aromatic carbocycles. The molecule has 0 saturated carbocycles. The first-order valence-electron chi connectivity index (χ1n) is 12.4. The van der Waals surface area contributed by atoms with Crippen LogP contribution in [-0.4, -0.2) is 11.7 Å². The monoisotopic (exact) mass is 447 g/mol. The summed E-state index contributed by atoms with van der Waals surface area (Å²) in [6.45, 7) is 9.23. The van der Waals surface area contributed by atoms with Gasteiger partial charge in [0.15, 0.2) is 0 Å². The Morgan fingerprint density at radius 2 is 1.94 bits per heavy atom. The fourth-order valence-corrected chi connectivity index (χ4v) is 5.27. The molecule has 2 aliphatic rings. The molecule has 1 N–H and O–H groups in total. The highest BCUT2D eigenvalue weighted by Crippen LogP contribution is 2.53. The van der Waals surface area contributed by atoms with Crippen molar-refractivity contribution >= 4 is 6.09 Å². The topological polar surface area (TPSA) is 47.6 Å². The van der Waals surface area contributed by atoms with E-state index in [0.717, 1.165) is 42.6 Å². The molecule has 0 aromatic heterocycles. The molecule has 176 valence electrons. The zero-order chi connectivity index (χ0) is 23.4. The number of amides is 1. The van der Waals surface area contributed by atoms with Crippen molar-refractivity contribution in [3.8, 4) is 11.5 Å². The van der Waals surface area contributed by atoms with Gasteiger partial charge in [-0.3, -0.25) is 0 Å². The Kier molecular flexibility index (Phi) is 7.11. The van der Waals surface area contributed by atoms with E-state index in [4.69, 9.17) is 9.47 Å². The molecule has 2 unspecified atom stereocenters. The van der Waals surface area contributed by atoms with Crippen LogP contribution in [0.15, 0.2) is 54.1 Å². The minimum absolute atomic E-state index is 0.194. The molecule has 4 heteroatoms. The number of rotatable bonds is 7. The number of aryl methyl sites for hydroxylation is 1. The molecule has 1 aliphatic heterocycles. The van der Waals surface area contributed by atoms with Crippen LogP contribution in [0.25, 0.3) is 0 Å². The van der Waals surface area contributed by atoms with Crippen molar-refractivity contribution in [2.24, 2.45) is 5.92 Å². The summed E-state index contributed by atoms with van der Waals surface area (Å²) in [5.41, 5.74) is 4.36. The first-order valence-corrected chi connectivity index (χ1v) is 12.4. The van der Waals surface area contributed by atoms with Gasteiger partial charge in [-0.2, -0.15) is 0 Å². The van der Waals surface area contributed by atoms with Gasteiger partial charge < -0.3 is 14.8 Å². The number of hydrogen-bond donors (Lipinski definition) is 1. The second-order valence-electron chi connectivity index (χ2n) is 10.1. The normalized spacial score (nSPS) is 20.7. The Hall–Kier alpha value is -2.75. The molecule has 33 heavy (non-hydrogen) atoms. The number of fused-ring (bicyclic) bond motifs is 3. The smallest absolute Gasteiger partial charge is 0.412 e. The maximum atomic E-state index is 12.8. The number of allylic oxidation sites excluding steroid dienone is 2. The quantitative estimate of drug-likeness (QED) is 0.357. The molecule has 2 atom stereocenters. The predicted molar refractivity (Wildman–Crippen MR) is 133 cm³/mol. The number of carbonyl (C=O) groups excluding carboxylic acids is 1. The van der Waals surface area contributed by atoms with Gasteiger partial charge in [-0.1, -0.05) is 61.7 Å². The highest BCUT2D eigenvalue weighted by atomic mass is 16.6. The van der Waals surface area contributed by atoms with Gasteiger partial charge in [0.1, 0.15) is 17.1 Å². The van der Waals surface area contributed by atoms with Crippen LogP contribution in [-0.2, 0) is 13.0 Å². The molecular formula is C29H37NO3. The van der Waals surface area contributed by atoms with Crippen molar-refractivity contribution < 1.29 is 14.3 Å². The number of carbonyl (C=O) groups is 1. The van der Waals surface area contributed by atoms with E-state index in [-0.39, 0.29) is 11.5 Å². The summed E-state index contributed by atoms with van der Waals surface area (Å²) in [5, 5.41) is 2.91. The number of nitrogens with one attached hydrogen (secondary N) is 1. The van der Waals surface area contributed by atoms with Gasteiger partial charge in [-0.25, -0.2) is 4.79 Å². The van der Waals surface area contributed by atoms with Crippen molar-refractivity contribution in [2.45, 2.75) is 84.3 Å². The maximum Gasteiger partial charge on any atom is 0.412 e. The lowest BCUT2D eigenvalue weighted by Crippen LogP contribution is -2.45. The van der Waals surface area contributed by atoms with Crippen LogP contribution in [0.2, 0.25) is 0 Å². The fraction of sp³-hybridized carbons (Fsp3) is 0.483. The fourth-order valence-electron chi connectivity index (χ4n) is 5.27. The number of benzene rings is 2. The van der Waals surface area contributed by atoms with Gasteiger partial charge in [0.05, 0.1) is 0 Å². The summed E-state index contributed by atoms with van der Waals surface area (Å²) in [6.07, 6.45) is 8.53. The Morgan fingerprint density at radius 3 is 2.70 bits per heavy atom. The number of ether oxygens (including phenoxy) is 2. The van der Waals surface area contributed by atoms with Crippen LogP contribution in [0.5, 0.6) is 11.5 Å². The summed E-state index contributed by atoms with van der Waals surface area (Å²) in [5.74, 6) is 2.06. The molecule has 0 spiro atoms. The zero-order valence-corrected chi connectivity index (χ0v) is 20.4. The van der Waals surface area contributed by atoms with Gasteiger partial charge in [-0.05, 0) is 69.7 Å². The second-order valence-corrected chi connectivity index (χ2v) is 10.1. The predicted octanol–water partition coefficient (Wildman–Crippen LogP) is 7.32. The number of unbranched alkanes of at least 4 members (excludes halogenated alkanes) is 2. The molecule has 0 fully saturated rings. The third kappa shape index (κ3) is 5.43.